The summed E-state index contributed by atoms with van der Waals surface area (Å²) in [6, 6.07) is 11.9. The Kier molecular flexibility index (Phi) is 5.68. The summed E-state index contributed by atoms with van der Waals surface area (Å²) in [5, 5.41) is 7.33. The number of carbonyl (C=O) groups excluding carboxylic acids is 2. The fraction of sp³-hybridized carbons (Fsp3) is 0.421. The van der Waals surface area contributed by atoms with Crippen molar-refractivity contribution < 1.29 is 9.59 Å². The number of H-pyrrole nitrogens is 1. The molecule has 0 spiro atoms. The minimum Gasteiger partial charge on any atom is -0.369 e. The molecule has 138 valence electrons. The lowest BCUT2D eigenvalue weighted by atomic mass is 9.96. The van der Waals surface area contributed by atoms with Gasteiger partial charge in [-0.05, 0) is 32.0 Å². The average molecular weight is 355 g/mol. The maximum atomic E-state index is 12.5. The molecule has 1 aromatic heterocycles. The first kappa shape index (κ1) is 18.1. The van der Waals surface area contributed by atoms with Crippen LogP contribution >= 0.6 is 0 Å². The topological polar surface area (TPSA) is 95.3 Å². The Morgan fingerprint density at radius 3 is 2.62 bits per heavy atom. The molecular weight excluding hydrogens is 330 g/mol. The largest absolute Gasteiger partial charge is 0.369 e. The molecule has 1 saturated heterocycles. The third kappa shape index (κ3) is 4.49. The first-order chi connectivity index (χ1) is 12.5. The van der Waals surface area contributed by atoms with Crippen LogP contribution in [0.3, 0.4) is 0 Å². The molecule has 1 aliphatic heterocycles. The summed E-state index contributed by atoms with van der Waals surface area (Å²) in [7, 11) is 1.79. The molecule has 0 saturated carbocycles. The lowest BCUT2D eigenvalue weighted by molar-refractivity contribution is -0.132. The number of nitrogens with two attached hydrogens (primary N) is 1. The van der Waals surface area contributed by atoms with Crippen molar-refractivity contribution in [3.8, 4) is 11.3 Å². The monoisotopic (exact) mass is 355 g/mol. The third-order valence-corrected chi connectivity index (χ3v) is 4.88. The second-order valence-corrected chi connectivity index (χ2v) is 6.85. The quantitative estimate of drug-likeness (QED) is 0.815. The molecule has 0 bridgehead atoms. The van der Waals surface area contributed by atoms with Gasteiger partial charge in [-0.3, -0.25) is 19.6 Å². The van der Waals surface area contributed by atoms with Crippen LogP contribution < -0.4 is 5.73 Å². The van der Waals surface area contributed by atoms with Gasteiger partial charge in [0, 0.05) is 18.5 Å². The van der Waals surface area contributed by atoms with Crippen LogP contribution in [0.2, 0.25) is 0 Å². The number of aromatic nitrogens is 2. The number of nitrogens with zero attached hydrogens (tertiary/aromatic N) is 3. The Morgan fingerprint density at radius 1 is 1.27 bits per heavy atom. The van der Waals surface area contributed by atoms with Crippen molar-refractivity contribution in [1.82, 2.24) is 20.0 Å². The van der Waals surface area contributed by atoms with Crippen molar-refractivity contribution in [2.24, 2.45) is 11.7 Å². The Labute approximate surface area is 153 Å². The van der Waals surface area contributed by atoms with Crippen molar-refractivity contribution in [3.63, 3.8) is 0 Å². The molecule has 1 aromatic carbocycles. The number of rotatable bonds is 6. The zero-order valence-corrected chi connectivity index (χ0v) is 15.0. The molecule has 0 radical (unpaired) electrons. The van der Waals surface area contributed by atoms with E-state index in [1.165, 1.54) is 0 Å². The maximum absolute atomic E-state index is 12.5. The summed E-state index contributed by atoms with van der Waals surface area (Å²) in [6.45, 7) is 2.31. The van der Waals surface area contributed by atoms with Crippen molar-refractivity contribution in [3.05, 3.63) is 42.1 Å². The van der Waals surface area contributed by atoms with E-state index < -0.39 is 0 Å². The highest BCUT2D eigenvalue weighted by atomic mass is 16.2. The summed E-state index contributed by atoms with van der Waals surface area (Å²) < 4.78 is 0. The number of primary amides is 1. The molecule has 1 fully saturated rings. The molecule has 2 heterocycles. The van der Waals surface area contributed by atoms with Crippen molar-refractivity contribution >= 4 is 11.8 Å². The fourth-order valence-corrected chi connectivity index (χ4v) is 3.23. The van der Waals surface area contributed by atoms with Crippen LogP contribution in [-0.4, -0.2) is 58.5 Å². The number of carbonyl (C=O) groups is 2. The van der Waals surface area contributed by atoms with Crippen LogP contribution in [0, 0.1) is 5.92 Å². The van der Waals surface area contributed by atoms with E-state index in [1.54, 1.807) is 11.9 Å². The first-order valence-corrected chi connectivity index (χ1v) is 8.88. The summed E-state index contributed by atoms with van der Waals surface area (Å²) >= 11 is 0. The number of hydrogen-bond donors (Lipinski definition) is 2. The predicted octanol–water partition coefficient (Wildman–Crippen LogP) is 1.23. The van der Waals surface area contributed by atoms with E-state index in [9.17, 15) is 9.59 Å². The Hall–Kier alpha value is -2.67. The molecular formula is C19H25N5O2. The van der Waals surface area contributed by atoms with Crippen molar-refractivity contribution in [2.45, 2.75) is 19.4 Å². The average Bonchev–Trinajstić information content (AvgIpc) is 3.11. The van der Waals surface area contributed by atoms with E-state index in [1.807, 2.05) is 36.4 Å². The van der Waals surface area contributed by atoms with E-state index in [-0.39, 0.29) is 17.7 Å². The van der Waals surface area contributed by atoms with Gasteiger partial charge in [-0.1, -0.05) is 30.3 Å². The lowest BCUT2D eigenvalue weighted by Crippen LogP contribution is -2.43. The number of aromatic amines is 1. The van der Waals surface area contributed by atoms with Crippen LogP contribution in [0.25, 0.3) is 11.3 Å². The fourth-order valence-electron chi connectivity index (χ4n) is 3.23. The van der Waals surface area contributed by atoms with Gasteiger partial charge in [-0.2, -0.15) is 5.10 Å². The first-order valence-electron chi connectivity index (χ1n) is 8.88. The number of piperidine rings is 1. The molecule has 2 aromatic rings. The maximum Gasteiger partial charge on any atom is 0.236 e. The van der Waals surface area contributed by atoms with Gasteiger partial charge in [0.2, 0.25) is 11.8 Å². The van der Waals surface area contributed by atoms with Crippen LogP contribution in [0.4, 0.5) is 0 Å². The minimum atomic E-state index is -0.235. The normalized spacial score (nSPS) is 15.7. The van der Waals surface area contributed by atoms with Gasteiger partial charge in [0.15, 0.2) is 0 Å². The highest BCUT2D eigenvalue weighted by Crippen LogP contribution is 2.18. The summed E-state index contributed by atoms with van der Waals surface area (Å²) in [6.07, 6.45) is 1.46. The highest BCUT2D eigenvalue weighted by Gasteiger charge is 2.25. The van der Waals surface area contributed by atoms with Crippen molar-refractivity contribution in [1.29, 1.82) is 0 Å². The standard InChI is InChI=1S/C19H25N5O2/c1-23(18(25)13-24-9-7-15(8-10-24)19(20)26)12-16-11-17(22-21-16)14-5-3-2-4-6-14/h2-6,11,15H,7-10,12-13H2,1H3,(H2,20,26)(H,21,22). The van der Waals surface area contributed by atoms with E-state index in [0.29, 0.717) is 13.1 Å². The van der Waals surface area contributed by atoms with Crippen LogP contribution in [0.1, 0.15) is 18.5 Å². The second-order valence-electron chi connectivity index (χ2n) is 6.85. The van der Waals surface area contributed by atoms with E-state index >= 15 is 0 Å². The van der Waals surface area contributed by atoms with Gasteiger partial charge in [0.1, 0.15) is 0 Å². The number of likely N-dealkylation sites (tertiary alicyclic amines) is 1. The van der Waals surface area contributed by atoms with Crippen LogP contribution in [-0.2, 0) is 16.1 Å². The van der Waals surface area contributed by atoms with Gasteiger partial charge >= 0.3 is 0 Å². The van der Waals surface area contributed by atoms with Gasteiger partial charge in [0.05, 0.1) is 24.5 Å². The Morgan fingerprint density at radius 2 is 1.96 bits per heavy atom. The molecule has 3 N–H and O–H groups in total. The molecule has 2 amide bonds. The van der Waals surface area contributed by atoms with Gasteiger partial charge in [-0.15, -0.1) is 0 Å². The molecule has 0 unspecified atom stereocenters. The number of hydrogen-bond acceptors (Lipinski definition) is 4. The van der Waals surface area contributed by atoms with Crippen LogP contribution in [0.5, 0.6) is 0 Å². The SMILES string of the molecule is CN(Cc1cc(-c2ccccc2)n[nH]1)C(=O)CN1CCC(C(N)=O)CC1. The summed E-state index contributed by atoms with van der Waals surface area (Å²) in [5.74, 6) is -0.236. The number of nitrogens with one attached hydrogen (secondary N) is 1. The molecule has 7 heteroatoms. The number of likely N-dealkylation sites (N-methyl/N-ethyl adjacent to an activating group) is 1. The zero-order valence-electron chi connectivity index (χ0n) is 15.0. The Bertz CT molecular complexity index is 750. The molecule has 7 nitrogen and oxygen atoms in total. The second kappa shape index (κ2) is 8.14. The van der Waals surface area contributed by atoms with Crippen LogP contribution in [0.15, 0.2) is 36.4 Å². The van der Waals surface area contributed by atoms with Gasteiger partial charge < -0.3 is 10.6 Å². The third-order valence-electron chi connectivity index (χ3n) is 4.88. The van der Waals surface area contributed by atoms with E-state index in [0.717, 1.165) is 42.9 Å². The molecule has 3 rings (SSSR count). The van der Waals surface area contributed by atoms with E-state index in [4.69, 9.17) is 5.73 Å². The summed E-state index contributed by atoms with van der Waals surface area (Å²) in [4.78, 5) is 27.5. The molecule has 0 atom stereocenters. The smallest absolute Gasteiger partial charge is 0.236 e. The highest BCUT2D eigenvalue weighted by molar-refractivity contribution is 5.78. The van der Waals surface area contributed by atoms with Gasteiger partial charge in [0.25, 0.3) is 0 Å². The molecule has 0 aliphatic carbocycles. The predicted molar refractivity (Wildman–Crippen MR) is 98.9 cm³/mol. The molecule has 26 heavy (non-hydrogen) atoms. The minimum absolute atomic E-state index is 0.0541. The molecule has 1 aliphatic rings. The number of amides is 2. The number of benzene rings is 1. The zero-order chi connectivity index (χ0) is 18.5. The van der Waals surface area contributed by atoms with Gasteiger partial charge in [-0.25, -0.2) is 0 Å². The Balaban J connectivity index is 1.50. The van der Waals surface area contributed by atoms with E-state index in [2.05, 4.69) is 15.1 Å². The lowest BCUT2D eigenvalue weighted by Gasteiger charge is -2.31. The summed E-state index contributed by atoms with van der Waals surface area (Å²) in [5.41, 5.74) is 8.16. The van der Waals surface area contributed by atoms with Crippen molar-refractivity contribution in [2.75, 3.05) is 26.7 Å².